The number of nitrogens with zero attached hydrogens (tertiary/aromatic N) is 1. The number of benzene rings is 1. The lowest BCUT2D eigenvalue weighted by Crippen LogP contribution is -2.40. The first-order valence-corrected chi connectivity index (χ1v) is 5.97. The van der Waals surface area contributed by atoms with Gasteiger partial charge in [-0.05, 0) is 43.6 Å². The lowest BCUT2D eigenvalue weighted by Gasteiger charge is -2.32. The maximum atomic E-state index is 13.2. The number of carbonyl (C=O) groups is 1. The topological polar surface area (TPSA) is 46.3 Å². The van der Waals surface area contributed by atoms with E-state index in [-0.39, 0.29) is 5.82 Å². The van der Waals surface area contributed by atoms with Gasteiger partial charge in [0.05, 0.1) is 0 Å². The molecule has 17 heavy (non-hydrogen) atoms. The molecular weight excluding hydrogens is 219 g/mol. The molecule has 0 saturated carbocycles. The van der Waals surface area contributed by atoms with Crippen LogP contribution in [0, 0.1) is 5.82 Å². The van der Waals surface area contributed by atoms with E-state index in [4.69, 9.17) is 5.73 Å². The lowest BCUT2D eigenvalue weighted by atomic mass is 10.0. The predicted octanol–water partition coefficient (Wildman–Crippen LogP) is 1.84. The zero-order chi connectivity index (χ0) is 12.3. The van der Waals surface area contributed by atoms with Gasteiger partial charge in [0.25, 0.3) is 0 Å². The molecule has 1 aliphatic rings. The molecule has 92 valence electrons. The molecule has 0 spiro atoms. The number of piperidine rings is 1. The van der Waals surface area contributed by atoms with Gasteiger partial charge < -0.3 is 5.73 Å². The molecule has 0 radical (unpaired) electrons. The number of carbonyl (C=O) groups excluding carboxylic acids is 1. The number of halogens is 1. The van der Waals surface area contributed by atoms with Crippen molar-refractivity contribution in [3.63, 3.8) is 0 Å². The van der Waals surface area contributed by atoms with E-state index in [0.717, 1.165) is 25.9 Å². The van der Waals surface area contributed by atoms with Gasteiger partial charge in [-0.25, -0.2) is 4.39 Å². The Hall–Kier alpha value is -1.42. The first-order chi connectivity index (χ1) is 8.18. The number of likely N-dealkylation sites (tertiary alicyclic amines) is 1. The van der Waals surface area contributed by atoms with Gasteiger partial charge in [0.2, 0.25) is 5.91 Å². The van der Waals surface area contributed by atoms with Crippen molar-refractivity contribution in [3.8, 4) is 0 Å². The standard InChI is InChI=1S/C13H17FN2O/c14-11-6-4-5-10(9-11)12(13(15)17)16-7-2-1-3-8-16/h4-6,9,12H,1-3,7-8H2,(H2,15,17). The lowest BCUT2D eigenvalue weighted by molar-refractivity contribution is -0.123. The first kappa shape index (κ1) is 12.0. The van der Waals surface area contributed by atoms with Gasteiger partial charge in [0.15, 0.2) is 0 Å². The van der Waals surface area contributed by atoms with E-state index in [1.54, 1.807) is 12.1 Å². The highest BCUT2D eigenvalue weighted by atomic mass is 19.1. The van der Waals surface area contributed by atoms with E-state index < -0.39 is 11.9 Å². The predicted molar refractivity (Wildman–Crippen MR) is 63.8 cm³/mol. The molecule has 1 saturated heterocycles. The van der Waals surface area contributed by atoms with Crippen LogP contribution in [0.1, 0.15) is 30.9 Å². The van der Waals surface area contributed by atoms with E-state index in [9.17, 15) is 9.18 Å². The largest absolute Gasteiger partial charge is 0.368 e. The molecule has 1 aliphatic heterocycles. The Kier molecular flexibility index (Phi) is 3.74. The Morgan fingerprint density at radius 2 is 2.00 bits per heavy atom. The fourth-order valence-corrected chi connectivity index (χ4v) is 2.41. The fourth-order valence-electron chi connectivity index (χ4n) is 2.41. The summed E-state index contributed by atoms with van der Waals surface area (Å²) in [6.07, 6.45) is 3.32. The minimum absolute atomic E-state index is 0.328. The van der Waals surface area contributed by atoms with E-state index >= 15 is 0 Å². The minimum Gasteiger partial charge on any atom is -0.368 e. The Morgan fingerprint density at radius 3 is 2.59 bits per heavy atom. The summed E-state index contributed by atoms with van der Waals surface area (Å²) < 4.78 is 13.2. The summed E-state index contributed by atoms with van der Waals surface area (Å²) in [5, 5.41) is 0. The molecule has 0 aliphatic carbocycles. The third-order valence-electron chi connectivity index (χ3n) is 3.19. The molecule has 1 aromatic carbocycles. The minimum atomic E-state index is -0.494. The smallest absolute Gasteiger partial charge is 0.239 e. The zero-order valence-corrected chi connectivity index (χ0v) is 9.73. The zero-order valence-electron chi connectivity index (χ0n) is 9.73. The van der Waals surface area contributed by atoms with Crippen LogP contribution in [0.25, 0.3) is 0 Å². The molecule has 2 rings (SSSR count). The van der Waals surface area contributed by atoms with Crippen molar-refractivity contribution in [2.24, 2.45) is 5.73 Å². The van der Waals surface area contributed by atoms with Crippen molar-refractivity contribution in [1.82, 2.24) is 4.90 Å². The Balaban J connectivity index is 2.25. The molecule has 1 aromatic rings. The normalized spacial score (nSPS) is 18.9. The molecule has 1 amide bonds. The van der Waals surface area contributed by atoms with Crippen LogP contribution in [0.4, 0.5) is 4.39 Å². The van der Waals surface area contributed by atoms with Crippen LogP contribution >= 0.6 is 0 Å². The fraction of sp³-hybridized carbons (Fsp3) is 0.462. The number of hydrogen-bond acceptors (Lipinski definition) is 2. The van der Waals surface area contributed by atoms with Gasteiger partial charge in [0.1, 0.15) is 11.9 Å². The van der Waals surface area contributed by atoms with E-state index in [2.05, 4.69) is 0 Å². The van der Waals surface area contributed by atoms with Crippen LogP contribution in [-0.2, 0) is 4.79 Å². The highest BCUT2D eigenvalue weighted by molar-refractivity contribution is 5.81. The van der Waals surface area contributed by atoms with E-state index in [0.29, 0.717) is 5.56 Å². The van der Waals surface area contributed by atoms with Gasteiger partial charge >= 0.3 is 0 Å². The van der Waals surface area contributed by atoms with Gasteiger partial charge in [-0.3, -0.25) is 9.69 Å². The Morgan fingerprint density at radius 1 is 1.29 bits per heavy atom. The van der Waals surface area contributed by atoms with Crippen molar-refractivity contribution in [1.29, 1.82) is 0 Å². The number of rotatable bonds is 3. The van der Waals surface area contributed by atoms with Crippen molar-refractivity contribution < 1.29 is 9.18 Å². The molecular formula is C13H17FN2O. The maximum Gasteiger partial charge on any atom is 0.239 e. The van der Waals surface area contributed by atoms with Crippen molar-refractivity contribution in [2.75, 3.05) is 13.1 Å². The Bertz CT molecular complexity index is 402. The summed E-state index contributed by atoms with van der Waals surface area (Å²) in [5.74, 6) is -0.733. The molecule has 4 heteroatoms. The molecule has 0 bridgehead atoms. The average Bonchev–Trinajstić information content (AvgIpc) is 2.30. The summed E-state index contributed by atoms with van der Waals surface area (Å²) in [6, 6.07) is 5.64. The van der Waals surface area contributed by atoms with Crippen LogP contribution in [0.5, 0.6) is 0 Å². The van der Waals surface area contributed by atoms with Gasteiger partial charge in [-0.2, -0.15) is 0 Å². The maximum absolute atomic E-state index is 13.2. The first-order valence-electron chi connectivity index (χ1n) is 5.97. The van der Waals surface area contributed by atoms with Crippen molar-refractivity contribution >= 4 is 5.91 Å². The summed E-state index contributed by atoms with van der Waals surface area (Å²) in [6.45, 7) is 1.70. The second kappa shape index (κ2) is 5.27. The summed E-state index contributed by atoms with van der Waals surface area (Å²) in [5.41, 5.74) is 6.10. The number of hydrogen-bond donors (Lipinski definition) is 1. The highest BCUT2D eigenvalue weighted by Gasteiger charge is 2.26. The highest BCUT2D eigenvalue weighted by Crippen LogP contribution is 2.24. The quantitative estimate of drug-likeness (QED) is 0.870. The second-order valence-electron chi connectivity index (χ2n) is 4.46. The number of primary amides is 1. The van der Waals surface area contributed by atoms with Gasteiger partial charge in [0, 0.05) is 0 Å². The Labute approximate surface area is 100 Å². The molecule has 1 heterocycles. The van der Waals surface area contributed by atoms with E-state index in [1.807, 2.05) is 4.90 Å². The average molecular weight is 236 g/mol. The molecule has 2 N–H and O–H groups in total. The van der Waals surface area contributed by atoms with Gasteiger partial charge in [-0.15, -0.1) is 0 Å². The number of nitrogens with two attached hydrogens (primary N) is 1. The van der Waals surface area contributed by atoms with Crippen LogP contribution in [-0.4, -0.2) is 23.9 Å². The third-order valence-corrected chi connectivity index (χ3v) is 3.19. The SMILES string of the molecule is NC(=O)C(c1cccc(F)c1)N1CCCCC1. The molecule has 1 atom stereocenters. The van der Waals surface area contributed by atoms with Crippen molar-refractivity contribution in [2.45, 2.75) is 25.3 Å². The third kappa shape index (κ3) is 2.82. The molecule has 3 nitrogen and oxygen atoms in total. The summed E-state index contributed by atoms with van der Waals surface area (Å²) in [4.78, 5) is 13.6. The van der Waals surface area contributed by atoms with Crippen LogP contribution < -0.4 is 5.73 Å². The monoisotopic (exact) mass is 236 g/mol. The molecule has 1 unspecified atom stereocenters. The summed E-state index contributed by atoms with van der Waals surface area (Å²) >= 11 is 0. The molecule has 0 aromatic heterocycles. The second-order valence-corrected chi connectivity index (χ2v) is 4.46. The van der Waals surface area contributed by atoms with Crippen LogP contribution in [0.15, 0.2) is 24.3 Å². The number of amides is 1. The van der Waals surface area contributed by atoms with Crippen LogP contribution in [0.3, 0.4) is 0 Å². The molecule has 1 fully saturated rings. The van der Waals surface area contributed by atoms with Gasteiger partial charge in [-0.1, -0.05) is 18.6 Å². The van der Waals surface area contributed by atoms with Crippen LogP contribution in [0.2, 0.25) is 0 Å². The van der Waals surface area contributed by atoms with E-state index in [1.165, 1.54) is 18.6 Å². The summed E-state index contributed by atoms with van der Waals surface area (Å²) in [7, 11) is 0. The van der Waals surface area contributed by atoms with Crippen molar-refractivity contribution in [3.05, 3.63) is 35.6 Å².